The van der Waals surface area contributed by atoms with Crippen molar-refractivity contribution in [2.75, 3.05) is 26.2 Å². The van der Waals surface area contributed by atoms with Crippen LogP contribution in [0.15, 0.2) is 24.3 Å². The molecule has 0 radical (unpaired) electrons. The molecule has 1 aromatic carbocycles. The van der Waals surface area contributed by atoms with Crippen molar-refractivity contribution < 1.29 is 4.74 Å². The van der Waals surface area contributed by atoms with Gasteiger partial charge >= 0.3 is 0 Å². The van der Waals surface area contributed by atoms with Crippen LogP contribution in [-0.2, 0) is 17.6 Å². The van der Waals surface area contributed by atoms with Crippen LogP contribution in [0.5, 0.6) is 0 Å². The molecule has 1 unspecified atom stereocenters. The van der Waals surface area contributed by atoms with Crippen molar-refractivity contribution in [2.24, 2.45) is 5.73 Å². The van der Waals surface area contributed by atoms with E-state index < -0.39 is 0 Å². The predicted molar refractivity (Wildman–Crippen MR) is 77.2 cm³/mol. The molecule has 2 aliphatic rings. The Labute approximate surface area is 115 Å². The molecule has 0 amide bonds. The maximum atomic E-state index is 6.19. The van der Waals surface area contributed by atoms with Crippen molar-refractivity contribution >= 4 is 0 Å². The van der Waals surface area contributed by atoms with Gasteiger partial charge in [-0.3, -0.25) is 4.90 Å². The fourth-order valence-corrected chi connectivity index (χ4v) is 3.60. The van der Waals surface area contributed by atoms with Gasteiger partial charge < -0.3 is 10.5 Å². The summed E-state index contributed by atoms with van der Waals surface area (Å²) in [4.78, 5) is 2.59. The largest absolute Gasteiger partial charge is 0.377 e. The molecule has 19 heavy (non-hydrogen) atoms. The smallest absolute Gasteiger partial charge is 0.0674 e. The summed E-state index contributed by atoms with van der Waals surface area (Å²) in [6, 6.07) is 8.79. The fourth-order valence-electron chi connectivity index (χ4n) is 3.60. The van der Waals surface area contributed by atoms with Crippen LogP contribution < -0.4 is 5.73 Å². The lowest BCUT2D eigenvalue weighted by Crippen LogP contribution is -2.56. The molecule has 1 aromatic rings. The molecule has 3 heteroatoms. The van der Waals surface area contributed by atoms with Crippen LogP contribution in [0.3, 0.4) is 0 Å². The number of nitrogens with zero attached hydrogens (tertiary/aromatic N) is 1. The lowest BCUT2D eigenvalue weighted by atomic mass is 9.92. The normalized spacial score (nSPS) is 26.9. The summed E-state index contributed by atoms with van der Waals surface area (Å²) in [5, 5.41) is 0. The molecule has 1 aliphatic heterocycles. The van der Waals surface area contributed by atoms with Gasteiger partial charge in [-0.2, -0.15) is 0 Å². The average molecular weight is 260 g/mol. The number of nitrogens with two attached hydrogens (primary N) is 1. The van der Waals surface area contributed by atoms with E-state index in [1.54, 1.807) is 0 Å². The second kappa shape index (κ2) is 5.23. The lowest BCUT2D eigenvalue weighted by Gasteiger charge is -2.40. The minimum atomic E-state index is 0.117. The van der Waals surface area contributed by atoms with Crippen molar-refractivity contribution in [2.45, 2.75) is 37.8 Å². The van der Waals surface area contributed by atoms with Gasteiger partial charge in [-0.05, 0) is 37.3 Å². The Morgan fingerprint density at radius 3 is 2.63 bits per heavy atom. The first-order valence-electron chi connectivity index (χ1n) is 7.37. The molecular formula is C16H24N2O. The number of hydrogen-bond donors (Lipinski definition) is 1. The van der Waals surface area contributed by atoms with Gasteiger partial charge in [-0.1, -0.05) is 24.3 Å². The molecule has 0 aromatic heterocycles. The predicted octanol–water partition coefficient (Wildman–Crippen LogP) is 1.59. The van der Waals surface area contributed by atoms with Gasteiger partial charge in [0.05, 0.1) is 6.10 Å². The Bertz CT molecular complexity index is 421. The summed E-state index contributed by atoms with van der Waals surface area (Å²) in [5.74, 6) is 0. The molecular weight excluding hydrogens is 236 g/mol. The van der Waals surface area contributed by atoms with E-state index in [1.807, 2.05) is 0 Å². The number of fused-ring (bicyclic) bond motifs is 1. The molecule has 3 rings (SSSR count). The van der Waals surface area contributed by atoms with Gasteiger partial charge in [0.25, 0.3) is 0 Å². The first kappa shape index (κ1) is 13.1. The number of benzene rings is 1. The van der Waals surface area contributed by atoms with Crippen LogP contribution in [0.25, 0.3) is 0 Å². The Hall–Kier alpha value is -0.900. The highest BCUT2D eigenvalue weighted by Crippen LogP contribution is 2.34. The third kappa shape index (κ3) is 2.42. The highest BCUT2D eigenvalue weighted by atomic mass is 16.5. The van der Waals surface area contributed by atoms with E-state index >= 15 is 0 Å². The molecule has 2 N–H and O–H groups in total. The lowest BCUT2D eigenvalue weighted by molar-refractivity contribution is 0.0404. The molecule has 1 aliphatic carbocycles. The van der Waals surface area contributed by atoms with E-state index in [0.29, 0.717) is 6.10 Å². The molecule has 1 saturated heterocycles. The zero-order chi connectivity index (χ0) is 13.3. The second-order valence-electron chi connectivity index (χ2n) is 6.03. The van der Waals surface area contributed by atoms with E-state index in [0.717, 1.165) is 45.5 Å². The van der Waals surface area contributed by atoms with Crippen LogP contribution in [0.1, 0.15) is 24.5 Å². The van der Waals surface area contributed by atoms with Crippen LogP contribution in [-0.4, -0.2) is 42.8 Å². The molecule has 1 atom stereocenters. The standard InChI is InChI=1S/C16H24N2O/c1-13-11-18(7-4-8-19-13)16(12-17)9-14-5-2-3-6-15(14)10-16/h2-3,5-6,13H,4,7-12,17H2,1H3. The second-order valence-corrected chi connectivity index (χ2v) is 6.03. The first-order valence-corrected chi connectivity index (χ1v) is 7.37. The number of ether oxygens (including phenoxy) is 1. The Balaban J connectivity index is 1.85. The van der Waals surface area contributed by atoms with Gasteiger partial charge in [-0.15, -0.1) is 0 Å². The zero-order valence-corrected chi connectivity index (χ0v) is 11.8. The molecule has 104 valence electrons. The molecule has 0 bridgehead atoms. The van der Waals surface area contributed by atoms with Crippen molar-refractivity contribution in [1.82, 2.24) is 4.90 Å². The van der Waals surface area contributed by atoms with Crippen LogP contribution in [0.4, 0.5) is 0 Å². The quantitative estimate of drug-likeness (QED) is 0.877. The van der Waals surface area contributed by atoms with E-state index in [9.17, 15) is 0 Å². The third-order valence-corrected chi connectivity index (χ3v) is 4.66. The van der Waals surface area contributed by atoms with E-state index in [-0.39, 0.29) is 5.54 Å². The SMILES string of the molecule is CC1CN(C2(CN)Cc3ccccc3C2)CCCO1. The van der Waals surface area contributed by atoms with E-state index in [2.05, 4.69) is 36.1 Å². The van der Waals surface area contributed by atoms with Crippen molar-refractivity contribution in [3.05, 3.63) is 35.4 Å². The molecule has 3 nitrogen and oxygen atoms in total. The molecule has 1 heterocycles. The summed E-state index contributed by atoms with van der Waals surface area (Å²) >= 11 is 0. The van der Waals surface area contributed by atoms with Gasteiger partial charge in [0.1, 0.15) is 0 Å². The fraction of sp³-hybridized carbons (Fsp3) is 0.625. The minimum absolute atomic E-state index is 0.117. The molecule has 0 saturated carbocycles. The summed E-state index contributed by atoms with van der Waals surface area (Å²) in [6.07, 6.45) is 3.61. The van der Waals surface area contributed by atoms with Crippen molar-refractivity contribution in [1.29, 1.82) is 0 Å². The summed E-state index contributed by atoms with van der Waals surface area (Å²) < 4.78 is 5.78. The maximum absolute atomic E-state index is 6.19. The van der Waals surface area contributed by atoms with Gasteiger partial charge in [-0.25, -0.2) is 0 Å². The van der Waals surface area contributed by atoms with Gasteiger partial charge in [0.2, 0.25) is 0 Å². The van der Waals surface area contributed by atoms with Gasteiger partial charge in [0, 0.05) is 31.8 Å². The topological polar surface area (TPSA) is 38.5 Å². The third-order valence-electron chi connectivity index (χ3n) is 4.66. The molecule has 1 fully saturated rings. The number of hydrogen-bond acceptors (Lipinski definition) is 3. The summed E-state index contributed by atoms with van der Waals surface area (Å²) in [7, 11) is 0. The van der Waals surface area contributed by atoms with Crippen LogP contribution in [0, 0.1) is 0 Å². The van der Waals surface area contributed by atoms with Crippen molar-refractivity contribution in [3.8, 4) is 0 Å². The van der Waals surface area contributed by atoms with Crippen LogP contribution >= 0.6 is 0 Å². The highest BCUT2D eigenvalue weighted by molar-refractivity contribution is 5.36. The Kier molecular flexibility index (Phi) is 3.61. The average Bonchev–Trinajstić information content (AvgIpc) is 2.68. The van der Waals surface area contributed by atoms with Gasteiger partial charge in [0.15, 0.2) is 0 Å². The highest BCUT2D eigenvalue weighted by Gasteiger charge is 2.41. The van der Waals surface area contributed by atoms with Crippen LogP contribution in [0.2, 0.25) is 0 Å². The Morgan fingerprint density at radius 1 is 1.32 bits per heavy atom. The molecule has 0 spiro atoms. The number of rotatable bonds is 2. The van der Waals surface area contributed by atoms with E-state index in [1.165, 1.54) is 11.1 Å². The van der Waals surface area contributed by atoms with E-state index in [4.69, 9.17) is 10.5 Å². The maximum Gasteiger partial charge on any atom is 0.0674 e. The van der Waals surface area contributed by atoms with Crippen molar-refractivity contribution in [3.63, 3.8) is 0 Å². The monoisotopic (exact) mass is 260 g/mol. The summed E-state index contributed by atoms with van der Waals surface area (Å²) in [6.45, 7) is 5.89. The Morgan fingerprint density at radius 2 is 2.00 bits per heavy atom. The zero-order valence-electron chi connectivity index (χ0n) is 11.8. The minimum Gasteiger partial charge on any atom is -0.377 e. The summed E-state index contributed by atoms with van der Waals surface area (Å²) in [5.41, 5.74) is 9.26. The first-order chi connectivity index (χ1) is 9.23.